The molecule has 0 radical (unpaired) electrons. The van der Waals surface area contributed by atoms with Crippen molar-refractivity contribution in [3.63, 3.8) is 0 Å². The first kappa shape index (κ1) is 9.88. The molecule has 0 aliphatic heterocycles. The van der Waals surface area contributed by atoms with Crippen molar-refractivity contribution in [1.29, 1.82) is 0 Å². The van der Waals surface area contributed by atoms with E-state index in [1.807, 2.05) is 25.1 Å². The predicted octanol–water partition coefficient (Wildman–Crippen LogP) is 3.04. The third-order valence-corrected chi connectivity index (χ3v) is 2.88. The number of carbonyl (C=O) groups excluding carboxylic acids is 1. The molecule has 0 amide bonds. The zero-order valence-electron chi connectivity index (χ0n) is 8.79. The Morgan fingerprint density at radius 1 is 1.53 bits per heavy atom. The lowest BCUT2D eigenvalue weighted by Gasteiger charge is -2.09. The number of isocyanates is 1. The number of nitrogens with zero attached hydrogens (tertiary/aromatic N) is 1. The van der Waals surface area contributed by atoms with E-state index in [2.05, 4.69) is 17.6 Å². The van der Waals surface area contributed by atoms with Gasteiger partial charge in [0.25, 0.3) is 0 Å². The van der Waals surface area contributed by atoms with Crippen molar-refractivity contribution in [2.24, 2.45) is 4.99 Å². The fraction of sp³-hybridized carbons (Fsp3) is 0.308. The largest absolute Gasteiger partial charge is 0.235 e. The highest BCUT2D eigenvalue weighted by Crippen LogP contribution is 2.49. The minimum atomic E-state index is -0.271. The third-order valence-electron chi connectivity index (χ3n) is 2.88. The summed E-state index contributed by atoms with van der Waals surface area (Å²) in [5.74, 6) is 0. The van der Waals surface area contributed by atoms with E-state index >= 15 is 0 Å². The van der Waals surface area contributed by atoms with Crippen LogP contribution in [0.4, 0.5) is 0 Å². The van der Waals surface area contributed by atoms with Crippen molar-refractivity contribution in [1.82, 2.24) is 0 Å². The second-order valence-corrected chi connectivity index (χ2v) is 4.10. The van der Waals surface area contributed by atoms with Crippen molar-refractivity contribution >= 4 is 11.7 Å². The van der Waals surface area contributed by atoms with Crippen LogP contribution < -0.4 is 0 Å². The van der Waals surface area contributed by atoms with Crippen LogP contribution in [0.1, 0.15) is 30.9 Å². The van der Waals surface area contributed by atoms with Crippen LogP contribution >= 0.6 is 0 Å². The molecule has 2 heteroatoms. The van der Waals surface area contributed by atoms with Crippen molar-refractivity contribution in [2.45, 2.75) is 25.3 Å². The Morgan fingerprint density at radius 3 is 2.80 bits per heavy atom. The van der Waals surface area contributed by atoms with E-state index in [0.29, 0.717) is 0 Å². The van der Waals surface area contributed by atoms with Gasteiger partial charge >= 0.3 is 0 Å². The van der Waals surface area contributed by atoms with Crippen LogP contribution in [0.2, 0.25) is 0 Å². The van der Waals surface area contributed by atoms with Crippen LogP contribution in [0, 0.1) is 0 Å². The quantitative estimate of drug-likeness (QED) is 0.543. The summed E-state index contributed by atoms with van der Waals surface area (Å²) < 4.78 is 0. The van der Waals surface area contributed by atoms with Gasteiger partial charge in [0.2, 0.25) is 6.08 Å². The molecule has 0 heterocycles. The van der Waals surface area contributed by atoms with Crippen molar-refractivity contribution in [3.05, 3.63) is 42.0 Å². The Balaban J connectivity index is 2.41. The smallest absolute Gasteiger partial charge is 0.211 e. The average Bonchev–Trinajstić information content (AvgIpc) is 3.00. The number of hydrogen-bond acceptors (Lipinski definition) is 2. The molecule has 1 aliphatic rings. The molecule has 0 aromatic heterocycles. The molecular weight excluding hydrogens is 186 g/mol. The first-order valence-electron chi connectivity index (χ1n) is 5.03. The van der Waals surface area contributed by atoms with E-state index in [-0.39, 0.29) is 5.54 Å². The van der Waals surface area contributed by atoms with Gasteiger partial charge in [0.05, 0.1) is 5.54 Å². The van der Waals surface area contributed by atoms with E-state index in [9.17, 15) is 4.79 Å². The van der Waals surface area contributed by atoms with Gasteiger partial charge in [0.15, 0.2) is 0 Å². The van der Waals surface area contributed by atoms with E-state index < -0.39 is 0 Å². The summed E-state index contributed by atoms with van der Waals surface area (Å²) in [5.41, 5.74) is 2.97. The molecular formula is C13H13NO. The molecule has 0 unspecified atom stereocenters. The second-order valence-electron chi connectivity index (χ2n) is 4.10. The molecule has 2 nitrogen and oxygen atoms in total. The number of allylic oxidation sites excluding steroid dienone is 1. The summed E-state index contributed by atoms with van der Waals surface area (Å²) >= 11 is 0. The Hall–Kier alpha value is -1.66. The molecule has 1 aromatic carbocycles. The van der Waals surface area contributed by atoms with Crippen LogP contribution in [-0.2, 0) is 10.3 Å². The molecule has 0 atom stereocenters. The fourth-order valence-electron chi connectivity index (χ4n) is 1.74. The van der Waals surface area contributed by atoms with E-state index in [1.54, 1.807) is 6.08 Å². The van der Waals surface area contributed by atoms with Gasteiger partial charge in [-0.2, -0.15) is 4.99 Å². The first-order chi connectivity index (χ1) is 7.18. The summed E-state index contributed by atoms with van der Waals surface area (Å²) in [7, 11) is 0. The van der Waals surface area contributed by atoms with Crippen LogP contribution in [0.25, 0.3) is 5.57 Å². The Morgan fingerprint density at radius 2 is 2.27 bits per heavy atom. The molecule has 1 aromatic rings. The molecule has 15 heavy (non-hydrogen) atoms. The average molecular weight is 199 g/mol. The second kappa shape index (κ2) is 3.48. The van der Waals surface area contributed by atoms with E-state index in [0.717, 1.165) is 29.5 Å². The van der Waals surface area contributed by atoms with E-state index in [1.165, 1.54) is 0 Å². The highest BCUT2D eigenvalue weighted by Gasteiger charge is 2.44. The monoisotopic (exact) mass is 199 g/mol. The SMILES string of the molecule is C=C(C)c1cccc(C2(N=C=O)CC2)c1. The summed E-state index contributed by atoms with van der Waals surface area (Å²) in [6.07, 6.45) is 3.56. The molecule has 1 aliphatic carbocycles. The zero-order valence-corrected chi connectivity index (χ0v) is 8.79. The lowest BCUT2D eigenvalue weighted by atomic mass is 10.00. The summed E-state index contributed by atoms with van der Waals surface area (Å²) in [6.45, 7) is 5.88. The van der Waals surface area contributed by atoms with Gasteiger partial charge in [0.1, 0.15) is 0 Å². The predicted molar refractivity (Wildman–Crippen MR) is 60.2 cm³/mol. The third kappa shape index (κ3) is 1.77. The van der Waals surface area contributed by atoms with Crippen molar-refractivity contribution < 1.29 is 4.79 Å². The first-order valence-corrected chi connectivity index (χ1v) is 5.03. The topological polar surface area (TPSA) is 29.4 Å². The maximum atomic E-state index is 10.3. The number of aliphatic imine (C=N–C) groups is 1. The molecule has 0 N–H and O–H groups in total. The Bertz CT molecular complexity index is 451. The van der Waals surface area contributed by atoms with Gasteiger partial charge in [-0.15, -0.1) is 0 Å². The van der Waals surface area contributed by atoms with Gasteiger partial charge in [-0.1, -0.05) is 30.4 Å². The molecule has 0 bridgehead atoms. The lowest BCUT2D eigenvalue weighted by Crippen LogP contribution is -2.02. The van der Waals surface area contributed by atoms with Crippen molar-refractivity contribution in [2.75, 3.05) is 0 Å². The van der Waals surface area contributed by atoms with Gasteiger partial charge in [-0.3, -0.25) is 0 Å². The highest BCUT2D eigenvalue weighted by molar-refractivity contribution is 5.62. The standard InChI is InChI=1S/C13H13NO/c1-10(2)11-4-3-5-12(8-11)13(6-7-13)14-9-15/h3-5,8H,1,6-7H2,2H3. The van der Waals surface area contributed by atoms with Gasteiger partial charge < -0.3 is 0 Å². The van der Waals surface area contributed by atoms with Crippen LogP contribution in [0.5, 0.6) is 0 Å². The molecule has 2 rings (SSSR count). The minimum Gasteiger partial charge on any atom is -0.211 e. The Kier molecular flexibility index (Phi) is 2.29. The Labute approximate surface area is 89.3 Å². The fourth-order valence-corrected chi connectivity index (χ4v) is 1.74. The lowest BCUT2D eigenvalue weighted by molar-refractivity contribution is 0.556. The van der Waals surface area contributed by atoms with Gasteiger partial charge in [0, 0.05) is 0 Å². The van der Waals surface area contributed by atoms with Crippen LogP contribution in [-0.4, -0.2) is 6.08 Å². The number of rotatable bonds is 3. The summed E-state index contributed by atoms with van der Waals surface area (Å²) in [5, 5.41) is 0. The molecule has 1 fully saturated rings. The van der Waals surface area contributed by atoms with Gasteiger partial charge in [-0.05, 0) is 37.0 Å². The highest BCUT2D eigenvalue weighted by atomic mass is 16.1. The van der Waals surface area contributed by atoms with Crippen molar-refractivity contribution in [3.8, 4) is 0 Å². The van der Waals surface area contributed by atoms with Crippen LogP contribution in [0.15, 0.2) is 35.8 Å². The minimum absolute atomic E-state index is 0.271. The number of benzene rings is 1. The molecule has 0 saturated heterocycles. The molecule has 1 saturated carbocycles. The zero-order chi connectivity index (χ0) is 10.9. The van der Waals surface area contributed by atoms with E-state index in [4.69, 9.17) is 0 Å². The number of hydrogen-bond donors (Lipinski definition) is 0. The maximum Gasteiger partial charge on any atom is 0.235 e. The summed E-state index contributed by atoms with van der Waals surface area (Å²) in [4.78, 5) is 14.2. The molecule has 0 spiro atoms. The van der Waals surface area contributed by atoms with Gasteiger partial charge in [-0.25, -0.2) is 4.79 Å². The molecule has 76 valence electrons. The van der Waals surface area contributed by atoms with Crippen LogP contribution in [0.3, 0.4) is 0 Å². The summed E-state index contributed by atoms with van der Waals surface area (Å²) in [6, 6.07) is 8.09. The maximum absolute atomic E-state index is 10.3. The normalized spacial score (nSPS) is 16.6.